The number of halogens is 2. The number of hydrogen-bond acceptors (Lipinski definition) is 3. The van der Waals surface area contributed by atoms with E-state index < -0.39 is 0 Å². The van der Waals surface area contributed by atoms with Gasteiger partial charge >= 0.3 is 0 Å². The third-order valence-corrected chi connectivity index (χ3v) is 4.76. The van der Waals surface area contributed by atoms with Crippen molar-refractivity contribution >= 4 is 45.4 Å². The molecule has 0 fully saturated rings. The van der Waals surface area contributed by atoms with Crippen molar-refractivity contribution in [1.29, 1.82) is 0 Å². The van der Waals surface area contributed by atoms with Crippen molar-refractivity contribution in [3.05, 3.63) is 44.9 Å². The normalized spacial score (nSPS) is 11.2. The van der Waals surface area contributed by atoms with E-state index in [9.17, 15) is 0 Å². The van der Waals surface area contributed by atoms with Gasteiger partial charge in [-0.2, -0.15) is 0 Å². The highest BCUT2D eigenvalue weighted by Gasteiger charge is 2.12. The molecule has 0 aliphatic carbocycles. The van der Waals surface area contributed by atoms with Crippen molar-refractivity contribution in [2.24, 2.45) is 0 Å². The first-order valence-electron chi connectivity index (χ1n) is 5.75. The second kappa shape index (κ2) is 4.75. The van der Waals surface area contributed by atoms with Crippen molar-refractivity contribution in [1.82, 2.24) is 9.97 Å². The molecule has 3 aromatic rings. The maximum atomic E-state index is 6.23. The number of thiophene rings is 1. The lowest BCUT2D eigenvalue weighted by Gasteiger charge is -2.04. The van der Waals surface area contributed by atoms with Crippen LogP contribution in [-0.2, 0) is 0 Å². The van der Waals surface area contributed by atoms with Gasteiger partial charge in [0.2, 0.25) is 0 Å². The van der Waals surface area contributed by atoms with Crippen LogP contribution < -0.4 is 0 Å². The third kappa shape index (κ3) is 2.22. The number of fused-ring (bicyclic) bond motifs is 1. The number of rotatable bonds is 1. The minimum Gasteiger partial charge on any atom is -0.226 e. The van der Waals surface area contributed by atoms with Crippen LogP contribution in [0.2, 0.25) is 10.2 Å². The number of benzene rings is 1. The predicted octanol–water partition coefficient (Wildman–Crippen LogP) is 5.28. The van der Waals surface area contributed by atoms with Crippen molar-refractivity contribution in [2.75, 3.05) is 0 Å². The summed E-state index contributed by atoms with van der Waals surface area (Å²) in [5, 5.41) is 1.81. The topological polar surface area (TPSA) is 25.8 Å². The molecule has 5 heteroatoms. The summed E-state index contributed by atoms with van der Waals surface area (Å²) in [6, 6.07) is 7.60. The Labute approximate surface area is 125 Å². The molecule has 0 amide bonds. The molecule has 0 aliphatic rings. The lowest BCUT2D eigenvalue weighted by molar-refractivity contribution is 1.24. The lowest BCUT2D eigenvalue weighted by atomic mass is 10.2. The maximum Gasteiger partial charge on any atom is 0.171 e. The van der Waals surface area contributed by atoms with Crippen LogP contribution in [0.4, 0.5) is 0 Å². The molecule has 2 heterocycles. The quantitative estimate of drug-likeness (QED) is 0.571. The van der Waals surface area contributed by atoms with E-state index in [0.717, 1.165) is 10.3 Å². The average Bonchev–Trinajstić information content (AvgIpc) is 2.71. The van der Waals surface area contributed by atoms with Crippen LogP contribution in [0.25, 0.3) is 21.6 Å². The van der Waals surface area contributed by atoms with Gasteiger partial charge in [0.15, 0.2) is 5.82 Å². The lowest BCUT2D eigenvalue weighted by Crippen LogP contribution is -1.90. The monoisotopic (exact) mass is 308 g/mol. The van der Waals surface area contributed by atoms with Crippen molar-refractivity contribution in [2.45, 2.75) is 13.8 Å². The van der Waals surface area contributed by atoms with Crippen molar-refractivity contribution in [3.8, 4) is 10.7 Å². The Morgan fingerprint density at radius 3 is 2.58 bits per heavy atom. The first-order chi connectivity index (χ1) is 9.06. The number of aryl methyl sites for hydroxylation is 2. The van der Waals surface area contributed by atoms with Crippen molar-refractivity contribution in [3.63, 3.8) is 0 Å². The van der Waals surface area contributed by atoms with E-state index in [1.165, 1.54) is 10.4 Å². The van der Waals surface area contributed by atoms with Crippen LogP contribution in [0.15, 0.2) is 24.3 Å². The smallest absolute Gasteiger partial charge is 0.171 e. The molecule has 0 spiro atoms. The molecule has 2 nitrogen and oxygen atoms in total. The zero-order valence-electron chi connectivity index (χ0n) is 10.4. The molecule has 0 saturated carbocycles. The summed E-state index contributed by atoms with van der Waals surface area (Å²) in [6.45, 7) is 4.16. The van der Waals surface area contributed by atoms with Crippen LogP contribution in [-0.4, -0.2) is 9.97 Å². The van der Waals surface area contributed by atoms with Gasteiger partial charge in [-0.3, -0.25) is 0 Å². The van der Waals surface area contributed by atoms with Crippen LogP contribution in [0.1, 0.15) is 10.4 Å². The number of aromatic nitrogens is 2. The van der Waals surface area contributed by atoms with Gasteiger partial charge in [0.25, 0.3) is 0 Å². The van der Waals surface area contributed by atoms with Gasteiger partial charge in [-0.15, -0.1) is 11.3 Å². The summed E-state index contributed by atoms with van der Waals surface area (Å²) < 4.78 is 0. The van der Waals surface area contributed by atoms with Crippen LogP contribution >= 0.6 is 34.5 Å². The molecular formula is C14H10Cl2N2S. The highest BCUT2D eigenvalue weighted by atomic mass is 35.5. The number of nitrogens with zero attached hydrogens (tertiary/aromatic N) is 2. The predicted molar refractivity (Wildman–Crippen MR) is 82.3 cm³/mol. The zero-order chi connectivity index (χ0) is 13.6. The fourth-order valence-electron chi connectivity index (χ4n) is 1.87. The van der Waals surface area contributed by atoms with E-state index in [0.29, 0.717) is 21.5 Å². The Balaban J connectivity index is 2.28. The van der Waals surface area contributed by atoms with E-state index in [4.69, 9.17) is 23.2 Å². The van der Waals surface area contributed by atoms with Gasteiger partial charge in [0.1, 0.15) is 5.15 Å². The molecule has 0 radical (unpaired) electrons. The summed E-state index contributed by atoms with van der Waals surface area (Å²) in [5.41, 5.74) is 1.93. The second-order valence-electron chi connectivity index (χ2n) is 4.32. The summed E-state index contributed by atoms with van der Waals surface area (Å²) in [7, 11) is 0. The molecule has 0 bridgehead atoms. The van der Waals surface area contributed by atoms with E-state index in [-0.39, 0.29) is 0 Å². The van der Waals surface area contributed by atoms with Gasteiger partial charge in [0.05, 0.1) is 15.4 Å². The first-order valence-corrected chi connectivity index (χ1v) is 7.32. The minimum atomic E-state index is 0.436. The van der Waals surface area contributed by atoms with E-state index >= 15 is 0 Å². The van der Waals surface area contributed by atoms with E-state index in [1.807, 2.05) is 18.2 Å². The second-order valence-corrected chi connectivity index (χ2v) is 6.35. The molecule has 0 atom stereocenters. The van der Waals surface area contributed by atoms with Gasteiger partial charge in [-0.05, 0) is 37.6 Å². The molecule has 0 unspecified atom stereocenters. The Morgan fingerprint density at radius 2 is 1.89 bits per heavy atom. The highest BCUT2D eigenvalue weighted by molar-refractivity contribution is 7.15. The minimum absolute atomic E-state index is 0.436. The van der Waals surface area contributed by atoms with Gasteiger partial charge < -0.3 is 0 Å². The summed E-state index contributed by atoms with van der Waals surface area (Å²) in [4.78, 5) is 11.2. The Kier molecular flexibility index (Phi) is 3.21. The third-order valence-electron chi connectivity index (χ3n) is 3.02. The summed E-state index contributed by atoms with van der Waals surface area (Å²) in [6.07, 6.45) is 0. The fourth-order valence-corrected chi connectivity index (χ4v) is 3.29. The zero-order valence-corrected chi connectivity index (χ0v) is 12.7. The summed E-state index contributed by atoms with van der Waals surface area (Å²) in [5.74, 6) is 0.631. The molecule has 0 N–H and O–H groups in total. The standard InChI is InChI=1S/C14H10Cl2N2S/c1-7-6-11(19-8(7)2)14-17-12-9(13(16)18-14)4-3-5-10(12)15/h3-6H,1-2H3. The molecule has 0 aliphatic heterocycles. The molecule has 19 heavy (non-hydrogen) atoms. The van der Waals surface area contributed by atoms with Crippen LogP contribution in [0.3, 0.4) is 0 Å². The highest BCUT2D eigenvalue weighted by Crippen LogP contribution is 2.33. The average molecular weight is 309 g/mol. The Morgan fingerprint density at radius 1 is 1.11 bits per heavy atom. The molecule has 96 valence electrons. The molecule has 3 rings (SSSR count). The largest absolute Gasteiger partial charge is 0.226 e. The number of hydrogen-bond donors (Lipinski definition) is 0. The van der Waals surface area contributed by atoms with E-state index in [2.05, 4.69) is 29.9 Å². The fraction of sp³-hybridized carbons (Fsp3) is 0.143. The van der Waals surface area contributed by atoms with Gasteiger partial charge in [0, 0.05) is 10.3 Å². The number of para-hydroxylation sites is 1. The SMILES string of the molecule is Cc1cc(-c2nc(Cl)c3cccc(Cl)c3n2)sc1C. The molecular weight excluding hydrogens is 299 g/mol. The summed E-state index contributed by atoms with van der Waals surface area (Å²) >= 11 is 14.1. The Hall–Kier alpha value is -1.16. The Bertz CT molecular complexity index is 761. The molecule has 1 aromatic carbocycles. The first kappa shape index (κ1) is 12.9. The van der Waals surface area contributed by atoms with E-state index in [1.54, 1.807) is 11.3 Å². The maximum absolute atomic E-state index is 6.23. The van der Waals surface area contributed by atoms with Crippen molar-refractivity contribution < 1.29 is 0 Å². The van der Waals surface area contributed by atoms with Crippen LogP contribution in [0.5, 0.6) is 0 Å². The van der Waals surface area contributed by atoms with Crippen LogP contribution in [0, 0.1) is 13.8 Å². The molecule has 2 aromatic heterocycles. The van der Waals surface area contributed by atoms with Gasteiger partial charge in [-0.25, -0.2) is 9.97 Å². The molecule has 0 saturated heterocycles. The van der Waals surface area contributed by atoms with Gasteiger partial charge in [-0.1, -0.05) is 29.3 Å².